The summed E-state index contributed by atoms with van der Waals surface area (Å²) in [5, 5.41) is 13.3. The molecule has 0 atom stereocenters. The van der Waals surface area contributed by atoms with Crippen molar-refractivity contribution < 1.29 is 24.0 Å². The summed E-state index contributed by atoms with van der Waals surface area (Å²) in [4.78, 5) is 70.7. The molecule has 3 amide bonds. The van der Waals surface area contributed by atoms with E-state index >= 15 is 0 Å². The molecule has 0 saturated carbocycles. The van der Waals surface area contributed by atoms with Crippen molar-refractivity contribution in [2.45, 2.75) is 53.4 Å². The molecule has 0 bridgehead atoms. The van der Waals surface area contributed by atoms with E-state index in [1.807, 2.05) is 44.2 Å². The van der Waals surface area contributed by atoms with E-state index in [0.29, 0.717) is 64.1 Å². The van der Waals surface area contributed by atoms with Crippen molar-refractivity contribution in [2.75, 3.05) is 36.8 Å². The molecule has 2 heterocycles. The van der Waals surface area contributed by atoms with Gasteiger partial charge < -0.3 is 25.8 Å². The van der Waals surface area contributed by atoms with Gasteiger partial charge in [0, 0.05) is 70.8 Å². The summed E-state index contributed by atoms with van der Waals surface area (Å²) in [6.07, 6.45) is 7.72. The number of hydrogen-bond acceptors (Lipinski definition) is 7. The number of nitrogens with zero attached hydrogens (tertiary/aromatic N) is 3. The lowest BCUT2D eigenvalue weighted by molar-refractivity contribution is -0.113. The molecule has 12 nitrogen and oxygen atoms in total. The Morgan fingerprint density at radius 3 is 2.45 bits per heavy atom. The molecule has 0 unspecified atom stereocenters. The van der Waals surface area contributed by atoms with Gasteiger partial charge in [0.25, 0.3) is 5.91 Å². The molecule has 0 saturated heterocycles. The van der Waals surface area contributed by atoms with Crippen molar-refractivity contribution >= 4 is 63.3 Å². The van der Waals surface area contributed by atoms with E-state index < -0.39 is 11.8 Å². The van der Waals surface area contributed by atoms with Gasteiger partial charge in [0.05, 0.1) is 11.7 Å². The first-order valence-electron chi connectivity index (χ1n) is 19.0. The lowest BCUT2D eigenvalue weighted by Crippen LogP contribution is -2.30. The summed E-state index contributed by atoms with van der Waals surface area (Å²) in [5.41, 5.74) is 7.49. The molecule has 0 fully saturated rings. The Labute approximate surface area is 326 Å². The molecule has 56 heavy (non-hydrogen) atoms. The molecule has 0 radical (unpaired) electrons. The van der Waals surface area contributed by atoms with Crippen LogP contribution in [0, 0.1) is 13.8 Å². The zero-order chi connectivity index (χ0) is 39.8. The largest absolute Gasteiger partial charge is 0.358 e. The smallest absolute Gasteiger partial charge is 0.319 e. The number of allylic oxidation sites excluding steroid dienone is 2. The molecule has 288 valence electrons. The van der Waals surface area contributed by atoms with Crippen LogP contribution in [0.1, 0.15) is 75.5 Å². The molecule has 6 rings (SSSR count). The third-order valence-electron chi connectivity index (χ3n) is 10.1. The zero-order valence-electron chi connectivity index (χ0n) is 32.2. The van der Waals surface area contributed by atoms with Crippen LogP contribution >= 0.6 is 0 Å². The number of nitrogens with one attached hydrogen (secondary N) is 4. The molecule has 1 aliphatic rings. The van der Waals surface area contributed by atoms with Crippen LogP contribution in [0.2, 0.25) is 0 Å². The number of benzene rings is 3. The van der Waals surface area contributed by atoms with Crippen molar-refractivity contribution in [3.05, 3.63) is 124 Å². The number of carbonyl (C=O) groups excluding carboxylic acids is 5. The molecule has 4 N–H and O–H groups in total. The number of H-pyrrole nitrogens is 1. The van der Waals surface area contributed by atoms with Gasteiger partial charge in [0.2, 0.25) is 5.91 Å². The van der Waals surface area contributed by atoms with E-state index in [4.69, 9.17) is 0 Å². The maximum atomic E-state index is 13.2. The fraction of sp³-hybridized carbons (Fsp3) is 0.273. The Balaban J connectivity index is 1.09. The third kappa shape index (κ3) is 9.27. The Morgan fingerprint density at radius 1 is 0.929 bits per heavy atom. The SMILES string of the molecule is CCN(CC)CCCC(=O)c1c(C)[nH]c(/C=C2\C(=O)Cc3ccc(NC(=O)/C=C\C(=O)n4ncc5ccc(NC(=O)NCCc6ccccc6)cc54)cc32)c1C. The maximum Gasteiger partial charge on any atom is 0.319 e. The van der Waals surface area contributed by atoms with E-state index in [1.165, 1.54) is 6.20 Å². The lowest BCUT2D eigenvalue weighted by Gasteiger charge is -2.17. The third-order valence-corrected chi connectivity index (χ3v) is 10.1. The van der Waals surface area contributed by atoms with Crippen molar-refractivity contribution in [3.63, 3.8) is 0 Å². The molecule has 0 aliphatic heterocycles. The number of urea groups is 1. The van der Waals surface area contributed by atoms with Gasteiger partial charge in [-0.3, -0.25) is 19.2 Å². The summed E-state index contributed by atoms with van der Waals surface area (Å²) in [6, 6.07) is 19.8. The number of amides is 3. The van der Waals surface area contributed by atoms with Crippen molar-refractivity contribution in [2.24, 2.45) is 0 Å². The van der Waals surface area contributed by atoms with Crippen LogP contribution in [0.15, 0.2) is 85.1 Å². The van der Waals surface area contributed by atoms with Crippen molar-refractivity contribution in [1.29, 1.82) is 0 Å². The predicted molar refractivity (Wildman–Crippen MR) is 220 cm³/mol. The van der Waals surface area contributed by atoms with E-state index in [1.54, 1.807) is 42.5 Å². The lowest BCUT2D eigenvalue weighted by atomic mass is 10.00. The topological polar surface area (TPSA) is 158 Å². The maximum absolute atomic E-state index is 13.2. The van der Waals surface area contributed by atoms with Gasteiger partial charge >= 0.3 is 6.03 Å². The molecular weight excluding hydrogens is 707 g/mol. The van der Waals surface area contributed by atoms with E-state index in [-0.39, 0.29) is 24.0 Å². The van der Waals surface area contributed by atoms with E-state index in [9.17, 15) is 24.0 Å². The van der Waals surface area contributed by atoms with Crippen LogP contribution in [-0.2, 0) is 22.4 Å². The second-order valence-corrected chi connectivity index (χ2v) is 13.9. The Hall–Kier alpha value is -6.40. The minimum atomic E-state index is -0.553. The van der Waals surface area contributed by atoms with Gasteiger partial charge in [0.1, 0.15) is 0 Å². The quantitative estimate of drug-likeness (QED) is 0.0653. The fourth-order valence-corrected chi connectivity index (χ4v) is 7.06. The Kier molecular flexibility index (Phi) is 12.5. The van der Waals surface area contributed by atoms with E-state index in [0.717, 1.165) is 65.3 Å². The number of anilines is 2. The van der Waals surface area contributed by atoms with Crippen LogP contribution in [0.4, 0.5) is 16.2 Å². The van der Waals surface area contributed by atoms with Crippen molar-refractivity contribution in [3.8, 4) is 0 Å². The minimum Gasteiger partial charge on any atom is -0.358 e. The normalized spacial score (nSPS) is 13.2. The minimum absolute atomic E-state index is 0.0544. The monoisotopic (exact) mass is 753 g/mol. The zero-order valence-corrected chi connectivity index (χ0v) is 32.2. The van der Waals surface area contributed by atoms with Crippen LogP contribution in [0.3, 0.4) is 0 Å². The number of hydrogen-bond donors (Lipinski definition) is 4. The number of fused-ring (bicyclic) bond motifs is 2. The number of carbonyl (C=O) groups is 5. The summed E-state index contributed by atoms with van der Waals surface area (Å²) < 4.78 is 1.16. The Bertz CT molecular complexity index is 2350. The predicted octanol–water partition coefficient (Wildman–Crippen LogP) is 7.15. The average Bonchev–Trinajstić information content (AvgIpc) is 3.84. The van der Waals surface area contributed by atoms with Gasteiger partial charge in [-0.05, 0) is 105 Å². The number of Topliss-reactive ketones (excluding diaryl/α,β-unsaturated/α-hetero) is 2. The fourth-order valence-electron chi connectivity index (χ4n) is 7.06. The van der Waals surface area contributed by atoms with Gasteiger partial charge in [-0.2, -0.15) is 9.78 Å². The number of aromatic amines is 1. The molecule has 12 heteroatoms. The molecule has 1 aliphatic carbocycles. The highest BCUT2D eigenvalue weighted by atomic mass is 16.2. The summed E-state index contributed by atoms with van der Waals surface area (Å²) in [7, 11) is 0. The van der Waals surface area contributed by atoms with Gasteiger partial charge in [-0.25, -0.2) is 4.79 Å². The molecule has 0 spiro atoms. The average molecular weight is 754 g/mol. The standard InChI is InChI=1S/C44H47N7O5/c1-5-50(6-2)22-10-13-39(52)43-28(3)37(47-29(43)4)26-36-35-24-33(16-14-31(35)23-40(36)53)48-41(54)18-19-42(55)51-38-25-34(17-15-32(38)27-46-51)49-44(56)45-21-20-30-11-8-7-9-12-30/h7-9,11-12,14-19,24-27,47H,5-6,10,13,20-23H2,1-4H3,(H,48,54)(H2,45,49,56)/b19-18-,36-26-. The summed E-state index contributed by atoms with van der Waals surface area (Å²) in [6.45, 7) is 11.2. The second kappa shape index (κ2) is 17.8. The number of ketones is 2. The summed E-state index contributed by atoms with van der Waals surface area (Å²) in [5.74, 6) is -1.07. The van der Waals surface area contributed by atoms with Crippen LogP contribution in [-0.4, -0.2) is 75.3 Å². The van der Waals surface area contributed by atoms with E-state index in [2.05, 4.69) is 44.8 Å². The van der Waals surface area contributed by atoms with Crippen molar-refractivity contribution in [1.82, 2.24) is 25.0 Å². The molecule has 5 aromatic rings. The molecular formula is C44H47N7O5. The van der Waals surface area contributed by atoms with Gasteiger partial charge in [-0.1, -0.05) is 50.2 Å². The van der Waals surface area contributed by atoms with Crippen LogP contribution in [0.25, 0.3) is 22.6 Å². The first-order chi connectivity index (χ1) is 27.0. The highest BCUT2D eigenvalue weighted by Gasteiger charge is 2.26. The van der Waals surface area contributed by atoms with Gasteiger partial charge in [-0.15, -0.1) is 0 Å². The molecule has 2 aromatic heterocycles. The molecule has 3 aromatic carbocycles. The highest BCUT2D eigenvalue weighted by Crippen LogP contribution is 2.34. The highest BCUT2D eigenvalue weighted by molar-refractivity contribution is 6.29. The van der Waals surface area contributed by atoms with Crippen LogP contribution < -0.4 is 16.0 Å². The van der Waals surface area contributed by atoms with Gasteiger partial charge in [0.15, 0.2) is 11.6 Å². The summed E-state index contributed by atoms with van der Waals surface area (Å²) >= 11 is 0. The number of rotatable bonds is 15. The number of aryl methyl sites for hydroxylation is 1. The second-order valence-electron chi connectivity index (χ2n) is 13.9. The first kappa shape index (κ1) is 39.3. The van der Waals surface area contributed by atoms with Crippen LogP contribution in [0.5, 0.6) is 0 Å². The Morgan fingerprint density at radius 2 is 1.68 bits per heavy atom. The first-order valence-corrected chi connectivity index (χ1v) is 19.0. The number of aromatic nitrogens is 3.